The molecule has 0 amide bonds. The van der Waals surface area contributed by atoms with Gasteiger partial charge < -0.3 is 9.88 Å². The van der Waals surface area contributed by atoms with Crippen LogP contribution < -0.4 is 5.32 Å². The number of imidazole rings is 1. The van der Waals surface area contributed by atoms with Crippen molar-refractivity contribution >= 4 is 0 Å². The van der Waals surface area contributed by atoms with Gasteiger partial charge in [0.2, 0.25) is 0 Å². The molecule has 2 heterocycles. The average molecular weight is 253 g/mol. The van der Waals surface area contributed by atoms with Crippen LogP contribution in [0.15, 0.2) is 42.9 Å². The van der Waals surface area contributed by atoms with Crippen LogP contribution in [-0.2, 0) is 0 Å². The Morgan fingerprint density at radius 3 is 2.74 bits per heavy atom. The molecule has 19 heavy (non-hydrogen) atoms. The van der Waals surface area contributed by atoms with Gasteiger partial charge in [0.25, 0.3) is 0 Å². The third-order valence-corrected chi connectivity index (χ3v) is 4.40. The second kappa shape index (κ2) is 4.49. The molecule has 2 aliphatic rings. The van der Waals surface area contributed by atoms with Crippen LogP contribution in [0.2, 0.25) is 0 Å². The second-order valence-corrected chi connectivity index (χ2v) is 5.69. The van der Waals surface area contributed by atoms with Gasteiger partial charge in [-0.15, -0.1) is 0 Å². The van der Waals surface area contributed by atoms with E-state index < -0.39 is 0 Å². The fourth-order valence-electron chi connectivity index (χ4n) is 3.29. The van der Waals surface area contributed by atoms with Gasteiger partial charge in [-0.3, -0.25) is 0 Å². The molecule has 0 bridgehead atoms. The molecular weight excluding hydrogens is 234 g/mol. The molecule has 1 N–H and O–H groups in total. The first kappa shape index (κ1) is 11.2. The summed E-state index contributed by atoms with van der Waals surface area (Å²) < 4.78 is 2.39. The number of aromatic nitrogens is 2. The molecular formula is C16H19N3. The first-order valence-electron chi connectivity index (χ1n) is 7.23. The van der Waals surface area contributed by atoms with Crippen molar-refractivity contribution in [3.8, 4) is 0 Å². The summed E-state index contributed by atoms with van der Waals surface area (Å²) in [4.78, 5) is 4.38. The van der Waals surface area contributed by atoms with Crippen molar-refractivity contribution in [1.82, 2.24) is 14.9 Å². The molecule has 1 aliphatic heterocycles. The number of hydrogen-bond acceptors (Lipinski definition) is 2. The summed E-state index contributed by atoms with van der Waals surface area (Å²) >= 11 is 0. The predicted molar refractivity (Wildman–Crippen MR) is 75.0 cm³/mol. The number of benzene rings is 1. The number of rotatable bonds is 3. The highest BCUT2D eigenvalue weighted by molar-refractivity contribution is 5.26. The maximum absolute atomic E-state index is 4.38. The topological polar surface area (TPSA) is 29.9 Å². The van der Waals surface area contributed by atoms with Crippen LogP contribution in [0.4, 0.5) is 0 Å². The lowest BCUT2D eigenvalue weighted by molar-refractivity contribution is 0.525. The van der Waals surface area contributed by atoms with Crippen molar-refractivity contribution in [2.45, 2.75) is 37.3 Å². The molecule has 1 aromatic heterocycles. The Kier molecular flexibility index (Phi) is 2.66. The van der Waals surface area contributed by atoms with E-state index in [-0.39, 0.29) is 0 Å². The number of hydrogen-bond donors (Lipinski definition) is 1. The lowest BCUT2D eigenvalue weighted by Crippen LogP contribution is -2.20. The van der Waals surface area contributed by atoms with Crippen LogP contribution >= 0.6 is 0 Å². The molecule has 0 spiro atoms. The van der Waals surface area contributed by atoms with Gasteiger partial charge in [-0.25, -0.2) is 4.98 Å². The minimum atomic E-state index is 0.422. The summed E-state index contributed by atoms with van der Waals surface area (Å²) in [5.74, 6) is 0.579. The average Bonchev–Trinajstić information content (AvgIpc) is 3.01. The summed E-state index contributed by atoms with van der Waals surface area (Å²) in [6.07, 6.45) is 7.90. The summed E-state index contributed by atoms with van der Waals surface area (Å²) in [6, 6.07) is 12.0. The minimum absolute atomic E-state index is 0.422. The van der Waals surface area contributed by atoms with Crippen LogP contribution in [0.25, 0.3) is 0 Å². The Bertz CT molecular complexity index is 556. The first-order chi connectivity index (χ1) is 9.43. The number of nitrogens with zero attached hydrogens (tertiary/aromatic N) is 2. The molecule has 98 valence electrons. The third-order valence-electron chi connectivity index (χ3n) is 4.40. The molecule has 0 radical (unpaired) electrons. The molecule has 4 rings (SSSR count). The highest BCUT2D eigenvalue weighted by atomic mass is 15.1. The molecule has 2 fully saturated rings. The standard InChI is InChI=1S/C16H19N3/c1-2-4-12(5-3-1)14-8-9-18-16(14)15-10-17-11-19(15)13-6-7-13/h1-5,10-11,13-14,16,18H,6-9H2. The summed E-state index contributed by atoms with van der Waals surface area (Å²) in [6.45, 7) is 1.10. The van der Waals surface area contributed by atoms with Crippen molar-refractivity contribution < 1.29 is 0 Å². The van der Waals surface area contributed by atoms with Crippen molar-refractivity contribution in [3.05, 3.63) is 54.1 Å². The first-order valence-corrected chi connectivity index (χ1v) is 7.23. The lowest BCUT2D eigenvalue weighted by Gasteiger charge is -2.21. The zero-order valence-corrected chi connectivity index (χ0v) is 11.0. The van der Waals surface area contributed by atoms with Crippen molar-refractivity contribution in [3.63, 3.8) is 0 Å². The van der Waals surface area contributed by atoms with E-state index in [9.17, 15) is 0 Å². The normalized spacial score (nSPS) is 26.7. The molecule has 1 aliphatic carbocycles. The Labute approximate surface area is 113 Å². The summed E-state index contributed by atoms with van der Waals surface area (Å²) in [5.41, 5.74) is 2.81. The third kappa shape index (κ3) is 1.98. The molecule has 1 saturated carbocycles. The molecule has 1 saturated heterocycles. The van der Waals surface area contributed by atoms with Crippen LogP contribution in [0, 0.1) is 0 Å². The maximum Gasteiger partial charge on any atom is 0.0951 e. The minimum Gasteiger partial charge on any atom is -0.330 e. The van der Waals surface area contributed by atoms with E-state index in [0.717, 1.165) is 6.54 Å². The van der Waals surface area contributed by atoms with Crippen LogP contribution in [-0.4, -0.2) is 16.1 Å². The monoisotopic (exact) mass is 253 g/mol. The predicted octanol–water partition coefficient (Wildman–Crippen LogP) is 3.04. The molecule has 1 aromatic carbocycles. The van der Waals surface area contributed by atoms with E-state index in [4.69, 9.17) is 0 Å². The molecule has 2 atom stereocenters. The van der Waals surface area contributed by atoms with E-state index in [0.29, 0.717) is 18.0 Å². The van der Waals surface area contributed by atoms with Gasteiger partial charge in [0.05, 0.1) is 18.1 Å². The lowest BCUT2D eigenvalue weighted by atomic mass is 9.90. The number of nitrogens with one attached hydrogen (secondary N) is 1. The van der Waals surface area contributed by atoms with Crippen molar-refractivity contribution in [2.75, 3.05) is 6.54 Å². The largest absolute Gasteiger partial charge is 0.330 e. The van der Waals surface area contributed by atoms with E-state index in [2.05, 4.69) is 51.4 Å². The smallest absolute Gasteiger partial charge is 0.0951 e. The molecule has 3 nitrogen and oxygen atoms in total. The van der Waals surface area contributed by atoms with E-state index in [1.165, 1.54) is 30.5 Å². The maximum atomic E-state index is 4.38. The van der Waals surface area contributed by atoms with Gasteiger partial charge in [-0.1, -0.05) is 30.3 Å². The van der Waals surface area contributed by atoms with Gasteiger partial charge >= 0.3 is 0 Å². The summed E-state index contributed by atoms with van der Waals surface area (Å²) in [7, 11) is 0. The second-order valence-electron chi connectivity index (χ2n) is 5.69. The van der Waals surface area contributed by atoms with Crippen molar-refractivity contribution in [2.24, 2.45) is 0 Å². The highest BCUT2D eigenvalue weighted by Gasteiger charge is 2.34. The zero-order valence-electron chi connectivity index (χ0n) is 11.0. The molecule has 2 unspecified atom stereocenters. The van der Waals surface area contributed by atoms with Crippen LogP contribution in [0.1, 0.15) is 48.5 Å². The van der Waals surface area contributed by atoms with E-state index in [1.54, 1.807) is 0 Å². The van der Waals surface area contributed by atoms with Gasteiger partial charge in [0.1, 0.15) is 0 Å². The van der Waals surface area contributed by atoms with Gasteiger partial charge in [-0.2, -0.15) is 0 Å². The fraction of sp³-hybridized carbons (Fsp3) is 0.438. The molecule has 2 aromatic rings. The van der Waals surface area contributed by atoms with Gasteiger partial charge in [-0.05, 0) is 31.4 Å². The van der Waals surface area contributed by atoms with Gasteiger partial charge in [0.15, 0.2) is 0 Å². The Hall–Kier alpha value is -1.61. The highest BCUT2D eigenvalue weighted by Crippen LogP contribution is 2.42. The fourth-order valence-corrected chi connectivity index (χ4v) is 3.29. The van der Waals surface area contributed by atoms with Crippen molar-refractivity contribution in [1.29, 1.82) is 0 Å². The van der Waals surface area contributed by atoms with Crippen LogP contribution in [0.3, 0.4) is 0 Å². The van der Waals surface area contributed by atoms with Crippen LogP contribution in [0.5, 0.6) is 0 Å². The van der Waals surface area contributed by atoms with E-state index >= 15 is 0 Å². The SMILES string of the molecule is c1ccc(C2CCNC2c2cncn2C2CC2)cc1. The van der Waals surface area contributed by atoms with Gasteiger partial charge in [0, 0.05) is 18.2 Å². The quantitative estimate of drug-likeness (QED) is 0.911. The Morgan fingerprint density at radius 1 is 1.11 bits per heavy atom. The Morgan fingerprint density at radius 2 is 1.95 bits per heavy atom. The Balaban J connectivity index is 1.68. The zero-order chi connectivity index (χ0) is 12.7. The summed E-state index contributed by atoms with van der Waals surface area (Å²) in [5, 5.41) is 3.67. The van der Waals surface area contributed by atoms with E-state index in [1.807, 2.05) is 6.33 Å². The molecule has 3 heteroatoms.